The lowest BCUT2D eigenvalue weighted by Crippen LogP contribution is -2.43. The first-order chi connectivity index (χ1) is 14.3. The van der Waals surface area contributed by atoms with Crippen molar-refractivity contribution >= 4 is 29.0 Å². The van der Waals surface area contributed by atoms with E-state index in [-0.39, 0.29) is 11.7 Å². The van der Waals surface area contributed by atoms with E-state index < -0.39 is 18.0 Å². The molecule has 10 nitrogen and oxygen atoms in total. The summed E-state index contributed by atoms with van der Waals surface area (Å²) in [5.74, 6) is -3.13. The summed E-state index contributed by atoms with van der Waals surface area (Å²) in [5, 5.41) is 36.4. The van der Waals surface area contributed by atoms with E-state index in [2.05, 4.69) is 15.4 Å². The van der Waals surface area contributed by atoms with Crippen LogP contribution < -0.4 is 20.6 Å². The molecule has 1 N–H and O–H groups in total. The third-order valence-corrected chi connectivity index (χ3v) is 4.49. The molecule has 0 radical (unpaired) electrons. The molecule has 0 spiro atoms. The molecule has 1 aromatic carbocycles. The van der Waals surface area contributed by atoms with Crippen LogP contribution in [0.2, 0.25) is 0 Å². The van der Waals surface area contributed by atoms with Crippen molar-refractivity contribution in [1.29, 1.82) is 0 Å². The molecule has 0 unspecified atom stereocenters. The predicted molar refractivity (Wildman–Crippen MR) is 94.9 cm³/mol. The number of amides is 1. The molecule has 2 heterocycles. The zero-order valence-corrected chi connectivity index (χ0v) is 15.8. The second kappa shape index (κ2) is 10.9. The summed E-state index contributed by atoms with van der Waals surface area (Å²) < 4.78 is 18.4. The molecule has 1 aliphatic heterocycles. The van der Waals surface area contributed by atoms with Crippen LogP contribution in [-0.4, -0.2) is 54.3 Å². The molecular formula is C19H19FN3O7-3. The van der Waals surface area contributed by atoms with Gasteiger partial charge in [-0.15, -0.1) is 0 Å². The minimum Gasteiger partial charge on any atom is -0.545 e. The maximum atomic E-state index is 13.2. The summed E-state index contributed by atoms with van der Waals surface area (Å²) in [6.45, 7) is 2.79. The molecule has 1 aromatic heterocycles. The number of aromatic nitrogens is 1. The fourth-order valence-electron chi connectivity index (χ4n) is 3.11. The smallest absolute Gasteiger partial charge is 0.170 e. The maximum absolute atomic E-state index is 13.2. The molecule has 30 heavy (non-hydrogen) atoms. The first-order valence-corrected chi connectivity index (χ1v) is 9.08. The Bertz CT molecular complexity index is 904. The van der Waals surface area contributed by atoms with Gasteiger partial charge in [0.1, 0.15) is 11.9 Å². The normalized spacial score (nSPS) is 15.0. The fraction of sp³-hybridized carbons (Fsp3) is 0.368. The minimum absolute atomic E-state index is 0.289. The molecule has 1 aliphatic rings. The van der Waals surface area contributed by atoms with Crippen molar-refractivity contribution in [1.82, 2.24) is 15.4 Å². The Labute approximate surface area is 170 Å². The van der Waals surface area contributed by atoms with E-state index in [0.717, 1.165) is 37.0 Å². The van der Waals surface area contributed by atoms with Gasteiger partial charge in [0.2, 0.25) is 0 Å². The number of nitrogens with zero attached hydrogens (tertiary/aromatic N) is 2. The zero-order valence-electron chi connectivity index (χ0n) is 15.8. The number of hydrogen-bond donors (Lipinski definition) is 1. The fourth-order valence-corrected chi connectivity index (χ4v) is 3.11. The Balaban J connectivity index is 0.000000343. The van der Waals surface area contributed by atoms with Crippen LogP contribution in [0.3, 0.4) is 0 Å². The van der Waals surface area contributed by atoms with Crippen molar-refractivity contribution in [2.24, 2.45) is 0 Å². The summed E-state index contributed by atoms with van der Waals surface area (Å²) in [5.41, 5.74) is 1.37. The van der Waals surface area contributed by atoms with E-state index >= 15 is 0 Å². The van der Waals surface area contributed by atoms with Gasteiger partial charge in [0.05, 0.1) is 17.6 Å². The number of nitrogens with one attached hydrogen (secondary N) is 1. The van der Waals surface area contributed by atoms with E-state index in [9.17, 15) is 34.1 Å². The standard InChI is InChI=1S/C15H18FN3O3.C4H4O4/c16-11-1-2-12-13(9-11)22-18-14(12)10-3-6-19(7-4-10)8-5-17-15(20)21;5-3(6)1-2-4(7)8/h1-2,9-10,17H,3-8H2,(H,20,21);1-2H,(H,5,6)(H,7,8)/p-3/b;2-1+. The van der Waals surface area contributed by atoms with Gasteiger partial charge in [0.15, 0.2) is 5.58 Å². The lowest BCUT2D eigenvalue weighted by molar-refractivity contribution is -0.301. The van der Waals surface area contributed by atoms with E-state index in [0.29, 0.717) is 30.8 Å². The molecule has 11 heteroatoms. The van der Waals surface area contributed by atoms with Crippen molar-refractivity contribution in [2.75, 3.05) is 26.2 Å². The highest BCUT2D eigenvalue weighted by atomic mass is 19.1. The number of likely N-dealkylation sites (tertiary alicyclic amines) is 1. The molecule has 162 valence electrons. The quantitative estimate of drug-likeness (QED) is 0.527. The van der Waals surface area contributed by atoms with Crippen molar-refractivity contribution < 1.29 is 38.6 Å². The van der Waals surface area contributed by atoms with Crippen molar-refractivity contribution in [3.63, 3.8) is 0 Å². The monoisotopic (exact) mass is 420 g/mol. The van der Waals surface area contributed by atoms with Gasteiger partial charge >= 0.3 is 0 Å². The Morgan fingerprint density at radius 2 is 1.80 bits per heavy atom. The molecule has 0 aliphatic carbocycles. The number of piperidine rings is 1. The minimum atomic E-state index is -1.55. The Morgan fingerprint density at radius 3 is 2.37 bits per heavy atom. The largest absolute Gasteiger partial charge is 0.545 e. The topological polar surface area (TPSA) is 162 Å². The van der Waals surface area contributed by atoms with E-state index in [1.807, 2.05) is 0 Å². The van der Waals surface area contributed by atoms with Gasteiger partial charge < -0.3 is 44.4 Å². The molecule has 1 amide bonds. The van der Waals surface area contributed by atoms with Crippen molar-refractivity contribution in [3.05, 3.63) is 41.9 Å². The number of fused-ring (bicyclic) bond motifs is 1. The Kier molecular flexibility index (Phi) is 8.29. The van der Waals surface area contributed by atoms with E-state index in [4.69, 9.17) is 4.52 Å². The summed E-state index contributed by atoms with van der Waals surface area (Å²) in [7, 11) is 0. The summed E-state index contributed by atoms with van der Waals surface area (Å²) in [6.07, 6.45) is 1.37. The third kappa shape index (κ3) is 7.17. The number of carboxylic acid groups (broad SMARTS) is 3. The number of carbonyl (C=O) groups excluding carboxylic acids is 3. The predicted octanol–water partition coefficient (Wildman–Crippen LogP) is -1.88. The number of halogens is 1. The first-order valence-electron chi connectivity index (χ1n) is 9.08. The summed E-state index contributed by atoms with van der Waals surface area (Å²) in [4.78, 5) is 31.3. The van der Waals surface area contributed by atoms with Crippen LogP contribution in [0.15, 0.2) is 34.9 Å². The summed E-state index contributed by atoms with van der Waals surface area (Å²) >= 11 is 0. The van der Waals surface area contributed by atoms with Crippen LogP contribution in [0.25, 0.3) is 11.0 Å². The number of carboxylic acids is 2. The van der Waals surface area contributed by atoms with Crippen LogP contribution in [-0.2, 0) is 9.59 Å². The van der Waals surface area contributed by atoms with Gasteiger partial charge in [0.25, 0.3) is 0 Å². The van der Waals surface area contributed by atoms with Gasteiger partial charge in [-0.3, -0.25) is 0 Å². The van der Waals surface area contributed by atoms with Crippen molar-refractivity contribution in [2.45, 2.75) is 18.8 Å². The second-order valence-electron chi connectivity index (χ2n) is 6.51. The highest BCUT2D eigenvalue weighted by Crippen LogP contribution is 2.32. The van der Waals surface area contributed by atoms with Gasteiger partial charge in [-0.2, -0.15) is 0 Å². The molecule has 0 atom stereocenters. The molecule has 2 aromatic rings. The van der Waals surface area contributed by atoms with Crippen molar-refractivity contribution in [3.8, 4) is 0 Å². The average Bonchev–Trinajstić information content (AvgIpc) is 3.10. The third-order valence-electron chi connectivity index (χ3n) is 4.49. The maximum Gasteiger partial charge on any atom is 0.170 e. The first kappa shape index (κ1) is 22.8. The van der Waals surface area contributed by atoms with Crippen LogP contribution in [0, 0.1) is 5.82 Å². The number of aliphatic carboxylic acids is 2. The van der Waals surface area contributed by atoms with E-state index in [1.54, 1.807) is 6.07 Å². The lowest BCUT2D eigenvalue weighted by Gasteiger charge is -2.31. The van der Waals surface area contributed by atoms with Gasteiger partial charge in [-0.25, -0.2) is 4.39 Å². The Morgan fingerprint density at radius 1 is 1.17 bits per heavy atom. The molecule has 1 fully saturated rings. The number of carbonyl (C=O) groups is 3. The summed E-state index contributed by atoms with van der Waals surface area (Å²) in [6, 6.07) is 4.49. The highest BCUT2D eigenvalue weighted by molar-refractivity contribution is 5.87. The molecule has 3 rings (SSSR count). The number of benzene rings is 1. The van der Waals surface area contributed by atoms with Gasteiger partial charge in [0, 0.05) is 30.5 Å². The molecule has 0 saturated carbocycles. The molecule has 1 saturated heterocycles. The Hall–Kier alpha value is -3.47. The van der Waals surface area contributed by atoms with Gasteiger partial charge in [-0.1, -0.05) is 5.16 Å². The molecule has 0 bridgehead atoms. The van der Waals surface area contributed by atoms with Crippen LogP contribution in [0.4, 0.5) is 9.18 Å². The SMILES string of the molecule is O=C([O-])/C=C/C(=O)[O-].O=C([O-])NCCN1CCC(c2noc3cc(F)ccc23)CC1. The van der Waals surface area contributed by atoms with Crippen LogP contribution >= 0.6 is 0 Å². The zero-order chi connectivity index (χ0) is 22.1. The van der Waals surface area contributed by atoms with Gasteiger partial charge in [-0.05, 0) is 50.2 Å². The molecular weight excluding hydrogens is 401 g/mol. The van der Waals surface area contributed by atoms with E-state index in [1.165, 1.54) is 12.1 Å². The average molecular weight is 420 g/mol. The highest BCUT2D eigenvalue weighted by Gasteiger charge is 2.24. The number of hydrogen-bond acceptors (Lipinski definition) is 9. The van der Waals surface area contributed by atoms with Crippen LogP contribution in [0.5, 0.6) is 0 Å². The van der Waals surface area contributed by atoms with Crippen LogP contribution in [0.1, 0.15) is 24.5 Å². The lowest BCUT2D eigenvalue weighted by atomic mass is 9.91. The second-order valence-corrected chi connectivity index (χ2v) is 6.51. The number of rotatable bonds is 6.